The minimum Gasteiger partial charge on any atom is -0.455 e. The van der Waals surface area contributed by atoms with Gasteiger partial charge in [-0.3, -0.25) is 0 Å². The second kappa shape index (κ2) is 4.63. The highest BCUT2D eigenvalue weighted by Gasteiger charge is 2.14. The van der Waals surface area contributed by atoms with Crippen LogP contribution in [0.3, 0.4) is 0 Å². The SMILES string of the molecule is CCOCC(O)c1cc2cccc(F)c2o1. The number of ether oxygens (including phenoxy) is 1. The van der Waals surface area contributed by atoms with Crippen molar-refractivity contribution in [3.63, 3.8) is 0 Å². The fourth-order valence-electron chi connectivity index (χ4n) is 1.52. The number of hydrogen-bond acceptors (Lipinski definition) is 3. The molecule has 3 nitrogen and oxygen atoms in total. The number of rotatable bonds is 4. The van der Waals surface area contributed by atoms with Gasteiger partial charge in [-0.25, -0.2) is 4.39 Å². The van der Waals surface area contributed by atoms with Crippen LogP contribution in [0.2, 0.25) is 0 Å². The van der Waals surface area contributed by atoms with E-state index in [-0.39, 0.29) is 12.2 Å². The lowest BCUT2D eigenvalue weighted by molar-refractivity contribution is 0.0311. The van der Waals surface area contributed by atoms with Gasteiger partial charge in [-0.05, 0) is 19.1 Å². The highest BCUT2D eigenvalue weighted by atomic mass is 19.1. The fraction of sp³-hybridized carbons (Fsp3) is 0.333. The predicted molar refractivity (Wildman–Crippen MR) is 57.6 cm³/mol. The molecule has 0 aliphatic heterocycles. The molecule has 0 saturated carbocycles. The van der Waals surface area contributed by atoms with Gasteiger partial charge in [-0.2, -0.15) is 0 Å². The topological polar surface area (TPSA) is 42.6 Å². The molecule has 1 unspecified atom stereocenters. The van der Waals surface area contributed by atoms with Crippen molar-refractivity contribution in [2.24, 2.45) is 0 Å². The Balaban J connectivity index is 2.29. The minimum absolute atomic E-state index is 0.151. The Labute approximate surface area is 92.4 Å². The van der Waals surface area contributed by atoms with Crippen LogP contribution in [-0.2, 0) is 4.74 Å². The zero-order valence-corrected chi connectivity index (χ0v) is 8.94. The van der Waals surface area contributed by atoms with E-state index in [1.54, 1.807) is 18.2 Å². The number of aliphatic hydroxyl groups is 1. The highest BCUT2D eigenvalue weighted by molar-refractivity contribution is 5.78. The molecule has 0 fully saturated rings. The van der Waals surface area contributed by atoms with E-state index in [9.17, 15) is 9.50 Å². The largest absolute Gasteiger partial charge is 0.455 e. The molecule has 0 bridgehead atoms. The summed E-state index contributed by atoms with van der Waals surface area (Å²) in [5.41, 5.74) is 0.174. The lowest BCUT2D eigenvalue weighted by Gasteiger charge is -2.06. The van der Waals surface area contributed by atoms with E-state index in [0.29, 0.717) is 17.8 Å². The number of hydrogen-bond donors (Lipinski definition) is 1. The molecule has 1 aromatic heterocycles. The average molecular weight is 224 g/mol. The Morgan fingerprint density at radius 1 is 1.50 bits per heavy atom. The summed E-state index contributed by atoms with van der Waals surface area (Å²) in [6.45, 7) is 2.51. The van der Waals surface area contributed by atoms with Crippen molar-refractivity contribution in [2.45, 2.75) is 13.0 Å². The quantitative estimate of drug-likeness (QED) is 0.868. The second-order valence-corrected chi connectivity index (χ2v) is 3.48. The van der Waals surface area contributed by atoms with Crippen molar-refractivity contribution >= 4 is 11.0 Å². The third kappa shape index (κ3) is 2.08. The Hall–Kier alpha value is -1.39. The number of fused-ring (bicyclic) bond motifs is 1. The average Bonchev–Trinajstić information content (AvgIpc) is 2.71. The zero-order chi connectivity index (χ0) is 11.5. The lowest BCUT2D eigenvalue weighted by Crippen LogP contribution is -2.05. The van der Waals surface area contributed by atoms with Gasteiger partial charge in [0.1, 0.15) is 11.9 Å². The van der Waals surface area contributed by atoms with E-state index in [1.165, 1.54) is 6.07 Å². The summed E-state index contributed by atoms with van der Waals surface area (Å²) < 4.78 is 23.6. The number of halogens is 1. The van der Waals surface area contributed by atoms with Gasteiger partial charge in [0.25, 0.3) is 0 Å². The molecular weight excluding hydrogens is 211 g/mol. The lowest BCUT2D eigenvalue weighted by atomic mass is 10.2. The van der Waals surface area contributed by atoms with Gasteiger partial charge in [0.2, 0.25) is 0 Å². The first kappa shape index (κ1) is 11.1. The summed E-state index contributed by atoms with van der Waals surface area (Å²) in [4.78, 5) is 0. The van der Waals surface area contributed by atoms with Crippen LogP contribution in [-0.4, -0.2) is 18.3 Å². The van der Waals surface area contributed by atoms with Crippen LogP contribution < -0.4 is 0 Å². The number of benzene rings is 1. The van der Waals surface area contributed by atoms with Crippen LogP contribution in [0, 0.1) is 5.82 Å². The molecule has 0 aliphatic rings. The van der Waals surface area contributed by atoms with Crippen molar-refractivity contribution in [2.75, 3.05) is 13.2 Å². The van der Waals surface area contributed by atoms with Crippen molar-refractivity contribution in [1.82, 2.24) is 0 Å². The van der Waals surface area contributed by atoms with Crippen LogP contribution in [0.4, 0.5) is 4.39 Å². The summed E-state index contributed by atoms with van der Waals surface area (Å²) in [7, 11) is 0. The Morgan fingerprint density at radius 2 is 2.31 bits per heavy atom. The van der Waals surface area contributed by atoms with E-state index >= 15 is 0 Å². The van der Waals surface area contributed by atoms with Gasteiger partial charge in [-0.1, -0.05) is 12.1 Å². The summed E-state index contributed by atoms with van der Waals surface area (Å²) >= 11 is 0. The van der Waals surface area contributed by atoms with Crippen LogP contribution in [0.5, 0.6) is 0 Å². The van der Waals surface area contributed by atoms with Crippen LogP contribution in [0.15, 0.2) is 28.7 Å². The van der Waals surface area contributed by atoms with Gasteiger partial charge in [0.05, 0.1) is 6.61 Å². The molecule has 2 aromatic rings. The molecule has 0 amide bonds. The summed E-state index contributed by atoms with van der Waals surface area (Å²) in [6, 6.07) is 6.29. The first-order valence-electron chi connectivity index (χ1n) is 5.16. The Kier molecular flexibility index (Phi) is 3.22. The Bertz CT molecular complexity index is 478. The van der Waals surface area contributed by atoms with Crippen molar-refractivity contribution in [3.8, 4) is 0 Å². The fourth-order valence-corrected chi connectivity index (χ4v) is 1.52. The summed E-state index contributed by atoms with van der Waals surface area (Å²) in [5, 5.41) is 10.3. The smallest absolute Gasteiger partial charge is 0.170 e. The molecule has 0 radical (unpaired) electrons. The van der Waals surface area contributed by atoms with E-state index in [0.717, 1.165) is 0 Å². The maximum atomic E-state index is 13.3. The normalized spacial score (nSPS) is 13.2. The molecule has 86 valence electrons. The molecule has 1 heterocycles. The van der Waals surface area contributed by atoms with Gasteiger partial charge in [0, 0.05) is 12.0 Å². The molecule has 16 heavy (non-hydrogen) atoms. The molecule has 1 N–H and O–H groups in total. The number of aliphatic hydroxyl groups excluding tert-OH is 1. The second-order valence-electron chi connectivity index (χ2n) is 3.48. The molecule has 4 heteroatoms. The predicted octanol–water partition coefficient (Wildman–Crippen LogP) is 2.64. The van der Waals surface area contributed by atoms with Gasteiger partial charge in [-0.15, -0.1) is 0 Å². The molecule has 0 spiro atoms. The van der Waals surface area contributed by atoms with Crippen molar-refractivity contribution in [1.29, 1.82) is 0 Å². The van der Waals surface area contributed by atoms with Crippen molar-refractivity contribution < 1.29 is 18.7 Å². The first-order valence-corrected chi connectivity index (χ1v) is 5.16. The monoisotopic (exact) mass is 224 g/mol. The van der Waals surface area contributed by atoms with Crippen LogP contribution in [0.1, 0.15) is 18.8 Å². The maximum absolute atomic E-state index is 13.3. The van der Waals surface area contributed by atoms with Gasteiger partial charge < -0.3 is 14.3 Å². The van der Waals surface area contributed by atoms with Gasteiger partial charge in [0.15, 0.2) is 11.4 Å². The third-order valence-corrected chi connectivity index (χ3v) is 2.32. The molecule has 0 saturated heterocycles. The summed E-state index contributed by atoms with van der Waals surface area (Å²) in [5.74, 6) is -0.0964. The maximum Gasteiger partial charge on any atom is 0.170 e. The third-order valence-electron chi connectivity index (χ3n) is 2.32. The standard InChI is InChI=1S/C12H13FO3/c1-2-15-7-10(14)11-6-8-4-3-5-9(13)12(8)16-11/h3-6,10,14H,2,7H2,1H3. The number of furan rings is 1. The zero-order valence-electron chi connectivity index (χ0n) is 8.94. The van der Waals surface area contributed by atoms with E-state index < -0.39 is 11.9 Å². The number of para-hydroxylation sites is 1. The molecular formula is C12H13FO3. The first-order chi connectivity index (χ1) is 7.72. The van der Waals surface area contributed by atoms with Crippen LogP contribution in [0.25, 0.3) is 11.0 Å². The highest BCUT2D eigenvalue weighted by Crippen LogP contribution is 2.25. The van der Waals surface area contributed by atoms with E-state index in [4.69, 9.17) is 9.15 Å². The van der Waals surface area contributed by atoms with Gasteiger partial charge >= 0.3 is 0 Å². The van der Waals surface area contributed by atoms with E-state index in [1.807, 2.05) is 6.92 Å². The summed E-state index contributed by atoms with van der Waals surface area (Å²) in [6.07, 6.45) is -0.855. The van der Waals surface area contributed by atoms with Crippen LogP contribution >= 0.6 is 0 Å². The van der Waals surface area contributed by atoms with Crippen molar-refractivity contribution in [3.05, 3.63) is 35.8 Å². The molecule has 1 aromatic carbocycles. The minimum atomic E-state index is -0.855. The Morgan fingerprint density at radius 3 is 3.00 bits per heavy atom. The molecule has 2 rings (SSSR count). The molecule has 0 aliphatic carbocycles. The van der Waals surface area contributed by atoms with E-state index in [2.05, 4.69) is 0 Å². The molecule has 1 atom stereocenters.